The summed E-state index contributed by atoms with van der Waals surface area (Å²) in [7, 11) is 0. The van der Waals surface area contributed by atoms with Gasteiger partial charge in [0.25, 0.3) is 0 Å². The zero-order chi connectivity index (χ0) is 15.1. The molecule has 0 saturated carbocycles. The molecule has 2 unspecified atom stereocenters. The van der Waals surface area contributed by atoms with Crippen LogP contribution < -0.4 is 10.6 Å². The second kappa shape index (κ2) is 7.89. The Kier molecular flexibility index (Phi) is 6.51. The Labute approximate surface area is 123 Å². The SMILES string of the molecule is CCC(CNC(=O)NC(C)c1ccc(C)s1)CC(=O)O. The van der Waals surface area contributed by atoms with E-state index in [4.69, 9.17) is 5.11 Å². The first-order valence-corrected chi connectivity index (χ1v) is 7.56. The number of aliphatic carboxylic acids is 1. The van der Waals surface area contributed by atoms with E-state index < -0.39 is 5.97 Å². The van der Waals surface area contributed by atoms with Crippen LogP contribution in [-0.2, 0) is 4.79 Å². The zero-order valence-corrected chi connectivity index (χ0v) is 12.9. The van der Waals surface area contributed by atoms with Crippen molar-refractivity contribution < 1.29 is 14.7 Å². The number of amides is 2. The van der Waals surface area contributed by atoms with Gasteiger partial charge in [-0.2, -0.15) is 0 Å². The predicted molar refractivity (Wildman–Crippen MR) is 80.0 cm³/mol. The maximum absolute atomic E-state index is 11.8. The van der Waals surface area contributed by atoms with Crippen LogP contribution >= 0.6 is 11.3 Å². The molecule has 2 amide bonds. The highest BCUT2D eigenvalue weighted by Crippen LogP contribution is 2.22. The number of nitrogens with one attached hydrogen (secondary N) is 2. The van der Waals surface area contributed by atoms with Crippen molar-refractivity contribution in [2.45, 2.75) is 39.7 Å². The highest BCUT2D eigenvalue weighted by molar-refractivity contribution is 7.12. The molecule has 0 radical (unpaired) electrons. The van der Waals surface area contributed by atoms with Crippen LogP contribution in [0.15, 0.2) is 12.1 Å². The van der Waals surface area contributed by atoms with Crippen LogP contribution in [0.1, 0.15) is 42.5 Å². The lowest BCUT2D eigenvalue weighted by Gasteiger charge is -2.16. The molecule has 112 valence electrons. The molecule has 0 aromatic carbocycles. The van der Waals surface area contributed by atoms with Gasteiger partial charge >= 0.3 is 12.0 Å². The van der Waals surface area contributed by atoms with Crippen LogP contribution in [0.25, 0.3) is 0 Å². The summed E-state index contributed by atoms with van der Waals surface area (Å²) in [6.07, 6.45) is 0.808. The van der Waals surface area contributed by atoms with Crippen molar-refractivity contribution >= 4 is 23.3 Å². The second-order valence-corrected chi connectivity index (χ2v) is 6.22. The average molecular weight is 298 g/mol. The molecule has 1 rings (SSSR count). The van der Waals surface area contributed by atoms with Crippen molar-refractivity contribution in [2.75, 3.05) is 6.54 Å². The van der Waals surface area contributed by atoms with Crippen LogP contribution in [0, 0.1) is 12.8 Å². The minimum atomic E-state index is -0.832. The van der Waals surface area contributed by atoms with Gasteiger partial charge in [0.1, 0.15) is 0 Å². The molecule has 3 N–H and O–H groups in total. The fourth-order valence-corrected chi connectivity index (χ4v) is 2.73. The summed E-state index contributed by atoms with van der Waals surface area (Å²) >= 11 is 1.65. The van der Waals surface area contributed by atoms with Crippen LogP contribution in [0.5, 0.6) is 0 Å². The normalized spacial score (nSPS) is 13.6. The number of rotatable bonds is 7. The number of aryl methyl sites for hydroxylation is 1. The standard InChI is InChI=1S/C14H22N2O3S/c1-4-11(7-13(17)18)8-15-14(19)16-10(3)12-6-5-9(2)20-12/h5-6,10-11H,4,7-8H2,1-3H3,(H,17,18)(H2,15,16,19). The maximum Gasteiger partial charge on any atom is 0.315 e. The Morgan fingerprint density at radius 1 is 1.40 bits per heavy atom. The Bertz CT molecular complexity index is 459. The molecule has 1 heterocycles. The van der Waals surface area contributed by atoms with Crippen LogP contribution in [-0.4, -0.2) is 23.7 Å². The number of hydrogen-bond acceptors (Lipinski definition) is 3. The molecule has 0 aliphatic carbocycles. The summed E-state index contributed by atoms with van der Waals surface area (Å²) < 4.78 is 0. The molecule has 0 aliphatic rings. The van der Waals surface area contributed by atoms with Crippen molar-refractivity contribution in [3.8, 4) is 0 Å². The first-order chi connectivity index (χ1) is 9.42. The van der Waals surface area contributed by atoms with E-state index in [0.717, 1.165) is 11.3 Å². The Morgan fingerprint density at radius 3 is 2.60 bits per heavy atom. The van der Waals surface area contributed by atoms with Gasteiger partial charge in [-0.05, 0) is 31.9 Å². The number of carboxylic acids is 1. The van der Waals surface area contributed by atoms with Crippen molar-refractivity contribution in [3.05, 3.63) is 21.9 Å². The van der Waals surface area contributed by atoms with Crippen molar-refractivity contribution in [1.29, 1.82) is 0 Å². The minimum Gasteiger partial charge on any atom is -0.481 e. The highest BCUT2D eigenvalue weighted by atomic mass is 32.1. The summed E-state index contributed by atoms with van der Waals surface area (Å²) in [5.41, 5.74) is 0. The van der Waals surface area contributed by atoms with Gasteiger partial charge in [0.15, 0.2) is 0 Å². The predicted octanol–water partition coefficient (Wildman–Crippen LogP) is 2.92. The lowest BCUT2D eigenvalue weighted by atomic mass is 10.0. The molecule has 1 aromatic rings. The lowest BCUT2D eigenvalue weighted by Crippen LogP contribution is -2.39. The topological polar surface area (TPSA) is 78.4 Å². The summed E-state index contributed by atoms with van der Waals surface area (Å²) in [6.45, 7) is 6.26. The van der Waals surface area contributed by atoms with Gasteiger partial charge in [-0.3, -0.25) is 4.79 Å². The van der Waals surface area contributed by atoms with E-state index in [0.29, 0.717) is 6.54 Å². The van der Waals surface area contributed by atoms with E-state index in [9.17, 15) is 9.59 Å². The van der Waals surface area contributed by atoms with Crippen molar-refractivity contribution in [3.63, 3.8) is 0 Å². The van der Waals surface area contributed by atoms with Gasteiger partial charge in [0.2, 0.25) is 0 Å². The van der Waals surface area contributed by atoms with Crippen LogP contribution in [0.4, 0.5) is 4.79 Å². The molecule has 20 heavy (non-hydrogen) atoms. The van der Waals surface area contributed by atoms with E-state index in [1.165, 1.54) is 4.88 Å². The maximum atomic E-state index is 11.8. The molecule has 0 bridgehead atoms. The fraction of sp³-hybridized carbons (Fsp3) is 0.571. The second-order valence-electron chi connectivity index (χ2n) is 4.90. The Balaban J connectivity index is 2.37. The Hall–Kier alpha value is -1.56. The highest BCUT2D eigenvalue weighted by Gasteiger charge is 2.14. The molecule has 0 aliphatic heterocycles. The third-order valence-electron chi connectivity index (χ3n) is 3.13. The monoisotopic (exact) mass is 298 g/mol. The molecule has 1 aromatic heterocycles. The molecule has 0 saturated heterocycles. The first-order valence-electron chi connectivity index (χ1n) is 6.74. The molecule has 0 spiro atoms. The molecular weight excluding hydrogens is 276 g/mol. The van der Waals surface area contributed by atoms with Crippen LogP contribution in [0.3, 0.4) is 0 Å². The van der Waals surface area contributed by atoms with Crippen molar-refractivity contribution in [1.82, 2.24) is 10.6 Å². The average Bonchev–Trinajstić information content (AvgIpc) is 2.80. The third kappa shape index (κ3) is 5.61. The van der Waals surface area contributed by atoms with E-state index in [-0.39, 0.29) is 24.4 Å². The van der Waals surface area contributed by atoms with Gasteiger partial charge < -0.3 is 15.7 Å². The van der Waals surface area contributed by atoms with Gasteiger partial charge in [0.05, 0.1) is 6.04 Å². The van der Waals surface area contributed by atoms with Crippen molar-refractivity contribution in [2.24, 2.45) is 5.92 Å². The largest absolute Gasteiger partial charge is 0.481 e. The van der Waals surface area contributed by atoms with E-state index in [2.05, 4.69) is 10.6 Å². The summed E-state index contributed by atoms with van der Waals surface area (Å²) in [4.78, 5) is 24.7. The van der Waals surface area contributed by atoms with Gasteiger partial charge in [0, 0.05) is 22.7 Å². The number of carbonyl (C=O) groups is 2. The molecular formula is C14H22N2O3S. The van der Waals surface area contributed by atoms with Crippen LogP contribution in [0.2, 0.25) is 0 Å². The summed E-state index contributed by atoms with van der Waals surface area (Å²) in [5, 5.41) is 14.3. The quantitative estimate of drug-likeness (QED) is 0.724. The molecule has 2 atom stereocenters. The number of carboxylic acid groups (broad SMARTS) is 1. The van der Waals surface area contributed by atoms with E-state index in [1.807, 2.05) is 32.9 Å². The first kappa shape index (κ1) is 16.5. The fourth-order valence-electron chi connectivity index (χ4n) is 1.85. The molecule has 6 heteroatoms. The molecule has 0 fully saturated rings. The third-order valence-corrected chi connectivity index (χ3v) is 4.31. The number of hydrogen-bond donors (Lipinski definition) is 3. The summed E-state index contributed by atoms with van der Waals surface area (Å²) in [5.74, 6) is -0.862. The van der Waals surface area contributed by atoms with E-state index in [1.54, 1.807) is 11.3 Å². The smallest absolute Gasteiger partial charge is 0.315 e. The summed E-state index contributed by atoms with van der Waals surface area (Å²) in [6, 6.07) is 3.72. The zero-order valence-electron chi connectivity index (χ0n) is 12.1. The van der Waals surface area contributed by atoms with Gasteiger partial charge in [-0.25, -0.2) is 4.79 Å². The molecule has 5 nitrogen and oxygen atoms in total. The van der Waals surface area contributed by atoms with E-state index >= 15 is 0 Å². The van der Waals surface area contributed by atoms with Gasteiger partial charge in [-0.1, -0.05) is 13.3 Å². The number of urea groups is 1. The minimum absolute atomic E-state index is 0.0301. The lowest BCUT2D eigenvalue weighted by molar-refractivity contribution is -0.138. The number of carbonyl (C=O) groups excluding carboxylic acids is 1. The number of thiophene rings is 1. The van der Waals surface area contributed by atoms with Gasteiger partial charge in [-0.15, -0.1) is 11.3 Å². The Morgan fingerprint density at radius 2 is 2.10 bits per heavy atom.